The van der Waals surface area contributed by atoms with Gasteiger partial charge in [0.1, 0.15) is 0 Å². The summed E-state index contributed by atoms with van der Waals surface area (Å²) in [7, 11) is 0. The van der Waals surface area contributed by atoms with Gasteiger partial charge in [0.05, 0.1) is 0 Å². The van der Waals surface area contributed by atoms with Crippen LogP contribution in [0.1, 0.15) is 43.5 Å². The molecule has 0 bridgehead atoms. The van der Waals surface area contributed by atoms with Crippen LogP contribution in [0.25, 0.3) is 0 Å². The van der Waals surface area contributed by atoms with Gasteiger partial charge in [-0.05, 0) is 18.1 Å². The number of halogens is 1. The number of ketones is 1. The predicted octanol–water partition coefficient (Wildman–Crippen LogP) is 4.35. The van der Waals surface area contributed by atoms with Crippen molar-refractivity contribution in [2.75, 3.05) is 0 Å². The van der Waals surface area contributed by atoms with Crippen LogP contribution >= 0.6 is 11.6 Å². The van der Waals surface area contributed by atoms with E-state index in [2.05, 4.69) is 13.8 Å². The van der Waals surface area contributed by atoms with Crippen LogP contribution in [-0.2, 0) is 0 Å². The van der Waals surface area contributed by atoms with Gasteiger partial charge in [0.15, 0.2) is 5.78 Å². The molecule has 0 heterocycles. The van der Waals surface area contributed by atoms with Crippen molar-refractivity contribution >= 4 is 17.4 Å². The summed E-state index contributed by atoms with van der Waals surface area (Å²) in [6, 6.07) is 7.17. The Morgan fingerprint density at radius 3 is 2.80 bits per heavy atom. The van der Waals surface area contributed by atoms with Crippen LogP contribution < -0.4 is 0 Å². The molecule has 1 unspecified atom stereocenters. The van der Waals surface area contributed by atoms with E-state index < -0.39 is 0 Å². The smallest absolute Gasteiger partial charge is 0.163 e. The third kappa shape index (κ3) is 4.05. The molecule has 0 aliphatic heterocycles. The Morgan fingerprint density at radius 1 is 1.47 bits per heavy atom. The van der Waals surface area contributed by atoms with Gasteiger partial charge in [-0.3, -0.25) is 4.79 Å². The third-order valence-electron chi connectivity index (χ3n) is 2.46. The van der Waals surface area contributed by atoms with E-state index in [0.29, 0.717) is 17.4 Å². The molecule has 1 nitrogen and oxygen atoms in total. The molecule has 1 aromatic rings. The summed E-state index contributed by atoms with van der Waals surface area (Å²) >= 11 is 5.83. The molecule has 2 heteroatoms. The molecular weight excluding hydrogens is 208 g/mol. The standard InChI is InChI=1S/C13H17ClO/c1-3-5-10(2)8-13(15)11-6-4-7-12(14)9-11/h4,6-7,9-10H,3,5,8H2,1-2H3. The minimum atomic E-state index is 0.193. The highest BCUT2D eigenvalue weighted by Crippen LogP contribution is 2.17. The maximum Gasteiger partial charge on any atom is 0.163 e. The number of carbonyl (C=O) groups excluding carboxylic acids is 1. The van der Waals surface area contributed by atoms with Crippen LogP contribution in [0.3, 0.4) is 0 Å². The molecule has 0 aliphatic carbocycles. The molecule has 15 heavy (non-hydrogen) atoms. The fourth-order valence-electron chi connectivity index (χ4n) is 1.69. The molecule has 0 amide bonds. The Kier molecular flexibility index (Phi) is 4.83. The monoisotopic (exact) mass is 224 g/mol. The van der Waals surface area contributed by atoms with Gasteiger partial charge in [0, 0.05) is 17.0 Å². The second kappa shape index (κ2) is 5.92. The van der Waals surface area contributed by atoms with Gasteiger partial charge in [-0.2, -0.15) is 0 Å². The van der Waals surface area contributed by atoms with Gasteiger partial charge >= 0.3 is 0 Å². The van der Waals surface area contributed by atoms with E-state index in [9.17, 15) is 4.79 Å². The first-order valence-corrected chi connectivity index (χ1v) is 5.80. The summed E-state index contributed by atoms with van der Waals surface area (Å²) in [5, 5.41) is 0.629. The van der Waals surface area contributed by atoms with Crippen molar-refractivity contribution in [3.05, 3.63) is 34.9 Å². The molecule has 0 aliphatic rings. The lowest BCUT2D eigenvalue weighted by Gasteiger charge is -2.08. The zero-order chi connectivity index (χ0) is 11.3. The highest BCUT2D eigenvalue weighted by atomic mass is 35.5. The molecule has 0 saturated carbocycles. The fourth-order valence-corrected chi connectivity index (χ4v) is 1.88. The van der Waals surface area contributed by atoms with Gasteiger partial charge in [-0.25, -0.2) is 0 Å². The summed E-state index contributed by atoms with van der Waals surface area (Å²) in [5.74, 6) is 0.653. The number of rotatable bonds is 5. The summed E-state index contributed by atoms with van der Waals surface area (Å²) in [5.41, 5.74) is 0.727. The molecule has 0 N–H and O–H groups in total. The minimum Gasteiger partial charge on any atom is -0.294 e. The van der Waals surface area contributed by atoms with Gasteiger partial charge in [-0.15, -0.1) is 0 Å². The molecule has 82 valence electrons. The van der Waals surface area contributed by atoms with Crippen LogP contribution in [0.4, 0.5) is 0 Å². The van der Waals surface area contributed by atoms with Crippen molar-refractivity contribution in [2.24, 2.45) is 5.92 Å². The van der Waals surface area contributed by atoms with E-state index in [1.54, 1.807) is 12.1 Å². The van der Waals surface area contributed by atoms with Gasteiger partial charge in [-0.1, -0.05) is 50.4 Å². The molecule has 1 rings (SSSR count). The van der Waals surface area contributed by atoms with Gasteiger partial charge < -0.3 is 0 Å². The van der Waals surface area contributed by atoms with E-state index >= 15 is 0 Å². The zero-order valence-corrected chi connectivity index (χ0v) is 10.1. The lowest BCUT2D eigenvalue weighted by Crippen LogP contribution is -2.05. The van der Waals surface area contributed by atoms with Gasteiger partial charge in [0.2, 0.25) is 0 Å². The quantitative estimate of drug-likeness (QED) is 0.680. The van der Waals surface area contributed by atoms with Crippen molar-refractivity contribution in [2.45, 2.75) is 33.1 Å². The predicted molar refractivity (Wildman–Crippen MR) is 64.5 cm³/mol. The largest absolute Gasteiger partial charge is 0.294 e. The van der Waals surface area contributed by atoms with Crippen molar-refractivity contribution in [1.29, 1.82) is 0 Å². The van der Waals surface area contributed by atoms with Crippen molar-refractivity contribution in [3.8, 4) is 0 Å². The Balaban J connectivity index is 2.61. The molecule has 0 radical (unpaired) electrons. The second-order valence-electron chi connectivity index (χ2n) is 4.03. The summed E-state index contributed by atoms with van der Waals surface area (Å²) in [6.45, 7) is 4.26. The molecule has 0 fully saturated rings. The number of benzene rings is 1. The normalized spacial score (nSPS) is 12.5. The van der Waals surface area contributed by atoms with E-state index in [1.165, 1.54) is 0 Å². The third-order valence-corrected chi connectivity index (χ3v) is 2.70. The first-order valence-electron chi connectivity index (χ1n) is 5.42. The first kappa shape index (κ1) is 12.3. The van der Waals surface area contributed by atoms with Crippen molar-refractivity contribution in [3.63, 3.8) is 0 Å². The van der Waals surface area contributed by atoms with Crippen molar-refractivity contribution < 1.29 is 4.79 Å². The Hall–Kier alpha value is -0.820. The number of Topliss-reactive ketones (excluding diaryl/α,β-unsaturated/α-hetero) is 1. The lowest BCUT2D eigenvalue weighted by atomic mass is 9.96. The van der Waals surface area contributed by atoms with E-state index in [4.69, 9.17) is 11.6 Å². The first-order chi connectivity index (χ1) is 7.13. The van der Waals surface area contributed by atoms with Gasteiger partial charge in [0.25, 0.3) is 0 Å². The summed E-state index contributed by atoms with van der Waals surface area (Å²) in [4.78, 5) is 11.8. The molecule has 1 atom stereocenters. The second-order valence-corrected chi connectivity index (χ2v) is 4.47. The Morgan fingerprint density at radius 2 is 2.20 bits per heavy atom. The SMILES string of the molecule is CCCC(C)CC(=O)c1cccc(Cl)c1. The average molecular weight is 225 g/mol. The molecule has 0 aromatic heterocycles. The maximum absolute atomic E-state index is 11.8. The van der Waals surface area contributed by atoms with E-state index in [-0.39, 0.29) is 5.78 Å². The Bertz CT molecular complexity index is 333. The van der Waals surface area contributed by atoms with Crippen LogP contribution in [0, 0.1) is 5.92 Å². The zero-order valence-electron chi connectivity index (χ0n) is 9.29. The maximum atomic E-state index is 11.8. The molecule has 1 aromatic carbocycles. The van der Waals surface area contributed by atoms with E-state index in [1.807, 2.05) is 12.1 Å². The van der Waals surface area contributed by atoms with Crippen molar-refractivity contribution in [1.82, 2.24) is 0 Å². The van der Waals surface area contributed by atoms with Crippen LogP contribution in [0.2, 0.25) is 5.02 Å². The summed E-state index contributed by atoms with van der Waals surface area (Å²) < 4.78 is 0. The highest BCUT2D eigenvalue weighted by Gasteiger charge is 2.10. The average Bonchev–Trinajstić information content (AvgIpc) is 2.18. The van der Waals surface area contributed by atoms with Crippen LogP contribution in [-0.4, -0.2) is 5.78 Å². The number of hydrogen-bond donors (Lipinski definition) is 0. The van der Waals surface area contributed by atoms with E-state index in [0.717, 1.165) is 18.4 Å². The topological polar surface area (TPSA) is 17.1 Å². The van der Waals surface area contributed by atoms with Crippen LogP contribution in [0.15, 0.2) is 24.3 Å². The van der Waals surface area contributed by atoms with Crippen LogP contribution in [0.5, 0.6) is 0 Å². The fraction of sp³-hybridized carbons (Fsp3) is 0.462. The summed E-state index contributed by atoms with van der Waals surface area (Å²) in [6.07, 6.45) is 2.85. The molecule has 0 spiro atoms. The minimum absolute atomic E-state index is 0.193. The Labute approximate surface area is 96.5 Å². The lowest BCUT2D eigenvalue weighted by molar-refractivity contribution is 0.0962. The highest BCUT2D eigenvalue weighted by molar-refractivity contribution is 6.31. The molecule has 0 saturated heterocycles. The number of hydrogen-bond acceptors (Lipinski definition) is 1. The number of carbonyl (C=O) groups is 1. The molecular formula is C13H17ClO.